The molecule has 1 saturated carbocycles. The van der Waals surface area contributed by atoms with Crippen molar-refractivity contribution in [3.05, 3.63) is 12.4 Å². The zero-order valence-corrected chi connectivity index (χ0v) is 11.5. The average molecular weight is 280 g/mol. The minimum absolute atomic E-state index is 0.0527. The van der Waals surface area contributed by atoms with Gasteiger partial charge in [0.05, 0.1) is 17.9 Å². The Morgan fingerprint density at radius 2 is 2.30 bits per heavy atom. The molecule has 1 heterocycles. The van der Waals surface area contributed by atoms with E-state index in [0.717, 1.165) is 0 Å². The van der Waals surface area contributed by atoms with Crippen LogP contribution < -0.4 is 10.6 Å². The van der Waals surface area contributed by atoms with Gasteiger partial charge in [-0.05, 0) is 32.1 Å². The van der Waals surface area contributed by atoms with E-state index in [2.05, 4.69) is 22.7 Å². The van der Waals surface area contributed by atoms with Crippen LogP contribution in [0.3, 0.4) is 0 Å². The van der Waals surface area contributed by atoms with Gasteiger partial charge >= 0.3 is 12.0 Å². The van der Waals surface area contributed by atoms with Crippen molar-refractivity contribution in [2.75, 3.05) is 11.9 Å². The maximum absolute atomic E-state index is 11.6. The van der Waals surface area contributed by atoms with Gasteiger partial charge in [-0.15, -0.1) is 0 Å². The lowest BCUT2D eigenvalue weighted by atomic mass is 10.2. The molecule has 0 aromatic carbocycles. The lowest BCUT2D eigenvalue weighted by Gasteiger charge is -2.09. The molecule has 0 spiro atoms. The van der Waals surface area contributed by atoms with Crippen LogP contribution in [0, 0.1) is 5.92 Å². The van der Waals surface area contributed by atoms with Crippen molar-refractivity contribution in [3.63, 3.8) is 0 Å². The normalized spacial score (nSPS) is 15.7. The Hall–Kier alpha value is -2.05. The summed E-state index contributed by atoms with van der Waals surface area (Å²) in [4.78, 5) is 21.9. The number of rotatable bonds is 7. The monoisotopic (exact) mass is 280 g/mol. The third-order valence-electron chi connectivity index (χ3n) is 3.43. The zero-order valence-electron chi connectivity index (χ0n) is 11.5. The molecule has 0 bridgehead atoms. The lowest BCUT2D eigenvalue weighted by molar-refractivity contribution is -0.137. The highest BCUT2D eigenvalue weighted by atomic mass is 16.4. The first-order chi connectivity index (χ1) is 9.56. The van der Waals surface area contributed by atoms with Crippen molar-refractivity contribution in [1.29, 1.82) is 0 Å². The average Bonchev–Trinajstić information content (AvgIpc) is 3.14. The van der Waals surface area contributed by atoms with Crippen LogP contribution in [0.2, 0.25) is 0 Å². The fraction of sp³-hybridized carbons (Fsp3) is 0.615. The molecule has 20 heavy (non-hydrogen) atoms. The summed E-state index contributed by atoms with van der Waals surface area (Å²) in [5, 5.41) is 18.0. The quantitative estimate of drug-likeness (QED) is 0.664. The van der Waals surface area contributed by atoms with E-state index in [1.165, 1.54) is 12.8 Å². The smallest absolute Gasteiger partial charge is 0.319 e. The van der Waals surface area contributed by atoms with E-state index in [4.69, 9.17) is 5.11 Å². The number of nitrogens with zero attached hydrogens (tertiary/aromatic N) is 2. The molecule has 0 saturated heterocycles. The third-order valence-corrected chi connectivity index (χ3v) is 3.43. The molecule has 0 aliphatic heterocycles. The standard InChI is InChI=1S/C13H20N4O3/c1-9(10-4-5-10)17-8-11(7-15-17)16-13(20)14-6-2-3-12(18)19/h7-10H,2-6H2,1H3,(H,18,19)(H2,14,16,20). The molecule has 110 valence electrons. The molecule has 1 aliphatic rings. The van der Waals surface area contributed by atoms with E-state index in [-0.39, 0.29) is 12.5 Å². The molecule has 1 aliphatic carbocycles. The second-order valence-electron chi connectivity index (χ2n) is 5.17. The SMILES string of the molecule is CC(C1CC1)n1cc(NC(=O)NCCCC(=O)O)cn1. The van der Waals surface area contributed by atoms with Gasteiger partial charge in [-0.3, -0.25) is 9.48 Å². The molecular weight excluding hydrogens is 260 g/mol. The molecule has 0 radical (unpaired) electrons. The number of aromatic nitrogens is 2. The summed E-state index contributed by atoms with van der Waals surface area (Å²) in [5.74, 6) is -0.157. The first kappa shape index (κ1) is 14.4. The summed E-state index contributed by atoms with van der Waals surface area (Å²) in [7, 11) is 0. The van der Waals surface area contributed by atoms with Crippen LogP contribution in [-0.2, 0) is 4.79 Å². The minimum atomic E-state index is -0.859. The van der Waals surface area contributed by atoms with Crippen molar-refractivity contribution in [1.82, 2.24) is 15.1 Å². The molecule has 7 nitrogen and oxygen atoms in total. The molecular formula is C13H20N4O3. The third kappa shape index (κ3) is 4.25. The predicted octanol–water partition coefficient (Wildman–Crippen LogP) is 1.84. The number of carbonyl (C=O) groups is 2. The first-order valence-electron chi connectivity index (χ1n) is 6.87. The van der Waals surface area contributed by atoms with Crippen LogP contribution in [0.4, 0.5) is 10.5 Å². The Balaban J connectivity index is 1.72. The molecule has 1 aromatic heterocycles. The largest absolute Gasteiger partial charge is 0.481 e. The Morgan fingerprint density at radius 3 is 2.95 bits per heavy atom. The zero-order chi connectivity index (χ0) is 14.5. The van der Waals surface area contributed by atoms with Crippen LogP contribution in [0.25, 0.3) is 0 Å². The molecule has 1 unspecified atom stereocenters. The summed E-state index contributed by atoms with van der Waals surface area (Å²) >= 11 is 0. The highest BCUT2D eigenvalue weighted by molar-refractivity contribution is 5.88. The Morgan fingerprint density at radius 1 is 1.55 bits per heavy atom. The van der Waals surface area contributed by atoms with E-state index in [0.29, 0.717) is 30.6 Å². The second kappa shape index (κ2) is 6.40. The minimum Gasteiger partial charge on any atom is -0.481 e. The number of carboxylic acids is 1. The van der Waals surface area contributed by atoms with Crippen LogP contribution >= 0.6 is 0 Å². The van der Waals surface area contributed by atoms with E-state index >= 15 is 0 Å². The molecule has 1 fully saturated rings. The van der Waals surface area contributed by atoms with E-state index in [1.54, 1.807) is 6.20 Å². The van der Waals surface area contributed by atoms with Crippen molar-refractivity contribution in [2.45, 2.75) is 38.6 Å². The number of amides is 2. The summed E-state index contributed by atoms with van der Waals surface area (Å²) in [6, 6.07) is 0.0261. The van der Waals surface area contributed by atoms with Crippen LogP contribution in [0.15, 0.2) is 12.4 Å². The molecule has 2 rings (SSSR count). The number of hydrogen-bond acceptors (Lipinski definition) is 3. The van der Waals surface area contributed by atoms with Crippen LogP contribution in [0.5, 0.6) is 0 Å². The van der Waals surface area contributed by atoms with Gasteiger partial charge < -0.3 is 15.7 Å². The van der Waals surface area contributed by atoms with E-state index in [9.17, 15) is 9.59 Å². The van der Waals surface area contributed by atoms with Crippen molar-refractivity contribution in [3.8, 4) is 0 Å². The molecule has 1 atom stereocenters. The maximum Gasteiger partial charge on any atom is 0.319 e. The fourth-order valence-corrected chi connectivity index (χ4v) is 2.04. The lowest BCUT2D eigenvalue weighted by Crippen LogP contribution is -2.29. The summed E-state index contributed by atoms with van der Waals surface area (Å²) in [6.45, 7) is 2.46. The number of aliphatic carboxylic acids is 1. The van der Waals surface area contributed by atoms with Crippen molar-refractivity contribution < 1.29 is 14.7 Å². The van der Waals surface area contributed by atoms with Crippen LogP contribution in [-0.4, -0.2) is 33.4 Å². The summed E-state index contributed by atoms with van der Waals surface area (Å²) in [5.41, 5.74) is 0.647. The van der Waals surface area contributed by atoms with Crippen molar-refractivity contribution in [2.24, 2.45) is 5.92 Å². The molecule has 3 N–H and O–H groups in total. The van der Waals surface area contributed by atoms with Gasteiger partial charge in [0.1, 0.15) is 0 Å². The second-order valence-corrected chi connectivity index (χ2v) is 5.17. The highest BCUT2D eigenvalue weighted by Gasteiger charge is 2.29. The van der Waals surface area contributed by atoms with Crippen LogP contribution in [0.1, 0.15) is 38.6 Å². The Labute approximate surface area is 117 Å². The topological polar surface area (TPSA) is 96.2 Å². The van der Waals surface area contributed by atoms with Gasteiger partial charge in [0.15, 0.2) is 0 Å². The van der Waals surface area contributed by atoms with Gasteiger partial charge in [0, 0.05) is 19.2 Å². The summed E-state index contributed by atoms with van der Waals surface area (Å²) < 4.78 is 1.87. The first-order valence-corrected chi connectivity index (χ1v) is 6.87. The van der Waals surface area contributed by atoms with Gasteiger partial charge in [-0.1, -0.05) is 0 Å². The highest BCUT2D eigenvalue weighted by Crippen LogP contribution is 2.39. The van der Waals surface area contributed by atoms with Gasteiger partial charge in [-0.25, -0.2) is 4.79 Å². The Kier molecular flexibility index (Phi) is 4.60. The number of urea groups is 1. The van der Waals surface area contributed by atoms with Crippen molar-refractivity contribution >= 4 is 17.7 Å². The van der Waals surface area contributed by atoms with Gasteiger partial charge in [-0.2, -0.15) is 5.10 Å². The molecule has 7 heteroatoms. The number of carbonyl (C=O) groups excluding carboxylic acids is 1. The van der Waals surface area contributed by atoms with Gasteiger partial charge in [0.2, 0.25) is 0 Å². The Bertz CT molecular complexity index is 482. The maximum atomic E-state index is 11.6. The number of hydrogen-bond donors (Lipinski definition) is 3. The molecule has 2 amide bonds. The number of nitrogens with one attached hydrogen (secondary N) is 2. The predicted molar refractivity (Wildman–Crippen MR) is 73.6 cm³/mol. The van der Waals surface area contributed by atoms with E-state index < -0.39 is 5.97 Å². The number of carboxylic acid groups (broad SMARTS) is 1. The van der Waals surface area contributed by atoms with Gasteiger partial charge in [0.25, 0.3) is 0 Å². The van der Waals surface area contributed by atoms with E-state index in [1.807, 2.05) is 10.9 Å². The fourth-order valence-electron chi connectivity index (χ4n) is 2.04. The summed E-state index contributed by atoms with van der Waals surface area (Å²) in [6.07, 6.45) is 6.40. The number of anilines is 1. The molecule has 1 aromatic rings.